The lowest BCUT2D eigenvalue weighted by Crippen LogP contribution is -2.24. The second-order valence-corrected chi connectivity index (χ2v) is 4.18. The smallest absolute Gasteiger partial charge is 0.313 e. The number of aryl methyl sites for hydroxylation is 1. The van der Waals surface area contributed by atoms with Gasteiger partial charge in [-0.3, -0.25) is 4.79 Å². The fourth-order valence-electron chi connectivity index (χ4n) is 1.31. The van der Waals surface area contributed by atoms with E-state index in [0.29, 0.717) is 15.3 Å². The monoisotopic (exact) mass is 271 g/mol. The minimum Gasteiger partial charge on any atom is -0.424 e. The zero-order chi connectivity index (χ0) is 12.6. The van der Waals surface area contributed by atoms with Crippen LogP contribution in [0.3, 0.4) is 0 Å². The lowest BCUT2D eigenvalue weighted by Gasteiger charge is -2.05. The number of aromatic nitrogens is 3. The van der Waals surface area contributed by atoms with Crippen molar-refractivity contribution in [2.75, 3.05) is 0 Å². The maximum absolute atomic E-state index is 11.7. The van der Waals surface area contributed by atoms with Gasteiger partial charge in [-0.05, 0) is 25.1 Å². The van der Waals surface area contributed by atoms with E-state index >= 15 is 0 Å². The molecule has 0 saturated carbocycles. The van der Waals surface area contributed by atoms with E-state index in [1.165, 1.54) is 13.0 Å². The van der Waals surface area contributed by atoms with Gasteiger partial charge < -0.3 is 5.21 Å². The molecule has 88 valence electrons. The first-order chi connectivity index (χ1) is 8.00. The van der Waals surface area contributed by atoms with E-state index in [4.69, 9.17) is 23.2 Å². The third kappa shape index (κ3) is 2.11. The Hall–Kier alpha value is -1.59. The van der Waals surface area contributed by atoms with Gasteiger partial charge in [0, 0.05) is 10.6 Å². The van der Waals surface area contributed by atoms with E-state index in [2.05, 4.69) is 10.2 Å². The Morgan fingerprint density at radius 3 is 2.65 bits per heavy atom. The highest BCUT2D eigenvalue weighted by Gasteiger charge is 2.13. The molecule has 2 aromatic rings. The van der Waals surface area contributed by atoms with Crippen LogP contribution in [-0.2, 0) is 0 Å². The molecule has 0 bridgehead atoms. The Kier molecular flexibility index (Phi) is 3.04. The van der Waals surface area contributed by atoms with Gasteiger partial charge in [0.2, 0.25) is 0 Å². The van der Waals surface area contributed by atoms with Crippen LogP contribution < -0.4 is 5.56 Å². The van der Waals surface area contributed by atoms with Gasteiger partial charge in [-0.2, -0.15) is 0 Å². The van der Waals surface area contributed by atoms with Gasteiger partial charge in [-0.15, -0.1) is 14.9 Å². The Labute approximate surface area is 106 Å². The second kappa shape index (κ2) is 4.35. The zero-order valence-electron chi connectivity index (χ0n) is 8.69. The molecule has 0 radical (unpaired) electrons. The highest BCUT2D eigenvalue weighted by atomic mass is 35.5. The van der Waals surface area contributed by atoms with Crippen molar-refractivity contribution in [3.63, 3.8) is 0 Å². The third-order valence-corrected chi connectivity index (χ3v) is 2.73. The maximum Gasteiger partial charge on any atom is 0.313 e. The standard InChI is InChI=1S/C10H7Cl2N3O2/c1-5-13-14-9(10(16)15(5)17)7-3-2-6(11)4-8(7)12/h2-4,17H,1H3. The van der Waals surface area contributed by atoms with Crippen LogP contribution in [0.15, 0.2) is 23.0 Å². The first-order valence-electron chi connectivity index (χ1n) is 4.61. The molecule has 7 heteroatoms. The van der Waals surface area contributed by atoms with E-state index in [9.17, 15) is 10.0 Å². The second-order valence-electron chi connectivity index (χ2n) is 3.34. The van der Waals surface area contributed by atoms with Gasteiger partial charge in [-0.25, -0.2) is 0 Å². The van der Waals surface area contributed by atoms with Gasteiger partial charge in [0.15, 0.2) is 11.5 Å². The van der Waals surface area contributed by atoms with Crippen molar-refractivity contribution in [3.05, 3.63) is 44.4 Å². The molecular formula is C10H7Cl2N3O2. The number of nitrogens with zero attached hydrogens (tertiary/aromatic N) is 3. The number of hydrogen-bond donors (Lipinski definition) is 1. The quantitative estimate of drug-likeness (QED) is 0.808. The summed E-state index contributed by atoms with van der Waals surface area (Å²) in [4.78, 5) is 11.7. The van der Waals surface area contributed by atoms with Crippen molar-refractivity contribution < 1.29 is 5.21 Å². The SMILES string of the molecule is Cc1nnc(-c2ccc(Cl)cc2Cl)c(=O)n1O. The summed E-state index contributed by atoms with van der Waals surface area (Å²) in [6.45, 7) is 1.46. The first-order valence-corrected chi connectivity index (χ1v) is 5.37. The lowest BCUT2D eigenvalue weighted by molar-refractivity contribution is 0.162. The molecule has 2 rings (SSSR count). The highest BCUT2D eigenvalue weighted by Crippen LogP contribution is 2.26. The number of benzene rings is 1. The molecule has 0 aliphatic heterocycles. The van der Waals surface area contributed by atoms with Crippen LogP contribution in [0.2, 0.25) is 10.0 Å². The van der Waals surface area contributed by atoms with Crippen molar-refractivity contribution in [3.8, 4) is 11.3 Å². The minimum atomic E-state index is -0.679. The average Bonchev–Trinajstić information content (AvgIpc) is 2.28. The van der Waals surface area contributed by atoms with Crippen molar-refractivity contribution in [1.29, 1.82) is 0 Å². The largest absolute Gasteiger partial charge is 0.424 e. The molecule has 5 nitrogen and oxygen atoms in total. The molecule has 17 heavy (non-hydrogen) atoms. The van der Waals surface area contributed by atoms with Gasteiger partial charge in [0.1, 0.15) is 0 Å². The van der Waals surface area contributed by atoms with Crippen molar-refractivity contribution >= 4 is 23.2 Å². The summed E-state index contributed by atoms with van der Waals surface area (Å²) in [5.41, 5.74) is -0.335. The molecule has 0 amide bonds. The summed E-state index contributed by atoms with van der Waals surface area (Å²) in [6.07, 6.45) is 0. The predicted octanol–water partition coefficient (Wildman–Crippen LogP) is 2.16. The van der Waals surface area contributed by atoms with Crippen molar-refractivity contribution in [1.82, 2.24) is 14.9 Å². The molecule has 1 aromatic carbocycles. The van der Waals surface area contributed by atoms with Crippen LogP contribution in [-0.4, -0.2) is 20.1 Å². The summed E-state index contributed by atoms with van der Waals surface area (Å²) >= 11 is 11.7. The van der Waals surface area contributed by atoms with Crippen molar-refractivity contribution in [2.24, 2.45) is 0 Å². The molecule has 1 aromatic heterocycles. The van der Waals surface area contributed by atoms with Gasteiger partial charge >= 0.3 is 5.56 Å². The van der Waals surface area contributed by atoms with E-state index in [-0.39, 0.29) is 16.5 Å². The molecule has 0 atom stereocenters. The molecule has 0 spiro atoms. The molecule has 0 aliphatic rings. The molecule has 0 saturated heterocycles. The summed E-state index contributed by atoms with van der Waals surface area (Å²) in [5.74, 6) is 0.101. The van der Waals surface area contributed by atoms with Crippen LogP contribution in [0.1, 0.15) is 5.82 Å². The van der Waals surface area contributed by atoms with Crippen LogP contribution in [0.5, 0.6) is 0 Å². The minimum absolute atomic E-state index is 0.0280. The fraction of sp³-hybridized carbons (Fsp3) is 0.100. The topological polar surface area (TPSA) is 68.0 Å². The predicted molar refractivity (Wildman–Crippen MR) is 63.7 cm³/mol. The Morgan fingerprint density at radius 1 is 1.29 bits per heavy atom. The lowest BCUT2D eigenvalue weighted by atomic mass is 10.1. The van der Waals surface area contributed by atoms with Crippen LogP contribution in [0, 0.1) is 6.92 Å². The van der Waals surface area contributed by atoms with Gasteiger partial charge in [0.05, 0.1) is 5.02 Å². The van der Waals surface area contributed by atoms with Gasteiger partial charge in [0.25, 0.3) is 0 Å². The van der Waals surface area contributed by atoms with E-state index < -0.39 is 5.56 Å². The average molecular weight is 272 g/mol. The first kappa shape index (κ1) is 11.9. The third-order valence-electron chi connectivity index (χ3n) is 2.18. The van der Waals surface area contributed by atoms with Gasteiger partial charge in [-0.1, -0.05) is 23.2 Å². The Bertz CT molecular complexity index is 640. The Morgan fingerprint density at radius 2 is 2.00 bits per heavy atom. The zero-order valence-corrected chi connectivity index (χ0v) is 10.2. The summed E-state index contributed by atoms with van der Waals surface area (Å²) < 4.78 is 0.424. The molecule has 0 unspecified atom stereocenters. The number of rotatable bonds is 1. The molecule has 0 fully saturated rings. The Balaban J connectivity index is 2.70. The van der Waals surface area contributed by atoms with E-state index in [1.807, 2.05) is 0 Å². The number of hydrogen-bond acceptors (Lipinski definition) is 4. The molecule has 1 heterocycles. The number of halogens is 2. The van der Waals surface area contributed by atoms with Crippen LogP contribution in [0.25, 0.3) is 11.3 Å². The van der Waals surface area contributed by atoms with E-state index in [1.54, 1.807) is 12.1 Å². The fourth-order valence-corrected chi connectivity index (χ4v) is 1.80. The summed E-state index contributed by atoms with van der Waals surface area (Å²) in [5, 5.41) is 17.5. The summed E-state index contributed by atoms with van der Waals surface area (Å²) in [6, 6.07) is 4.61. The normalized spacial score (nSPS) is 10.5. The van der Waals surface area contributed by atoms with E-state index in [0.717, 1.165) is 0 Å². The summed E-state index contributed by atoms with van der Waals surface area (Å²) in [7, 11) is 0. The maximum atomic E-state index is 11.7. The van der Waals surface area contributed by atoms with Crippen molar-refractivity contribution in [2.45, 2.75) is 6.92 Å². The van der Waals surface area contributed by atoms with Crippen LogP contribution >= 0.6 is 23.2 Å². The molecular weight excluding hydrogens is 265 g/mol. The highest BCUT2D eigenvalue weighted by molar-refractivity contribution is 6.36. The molecule has 0 aliphatic carbocycles. The molecule has 1 N–H and O–H groups in total. The van der Waals surface area contributed by atoms with Crippen LogP contribution in [0.4, 0.5) is 0 Å².